The van der Waals surface area contributed by atoms with E-state index in [4.69, 9.17) is 0 Å². The highest BCUT2D eigenvalue weighted by molar-refractivity contribution is 7.98. The third-order valence-corrected chi connectivity index (χ3v) is 4.72. The Morgan fingerprint density at radius 1 is 1.19 bits per heavy atom. The maximum absolute atomic E-state index is 13.3. The maximum Gasteiger partial charge on any atom is 0.270 e. The van der Waals surface area contributed by atoms with Crippen molar-refractivity contribution in [3.8, 4) is 0 Å². The second-order valence-electron chi connectivity index (χ2n) is 5.82. The number of thioether (sulfide) groups is 1. The van der Waals surface area contributed by atoms with Crippen LogP contribution in [0.1, 0.15) is 10.5 Å². The fraction of sp³-hybridized carbons (Fsp3) is 0.158. The lowest BCUT2D eigenvalue weighted by Crippen LogP contribution is -2.35. The molecule has 0 bridgehead atoms. The first-order chi connectivity index (χ1) is 12.5. The highest BCUT2D eigenvalue weighted by Crippen LogP contribution is 2.24. The summed E-state index contributed by atoms with van der Waals surface area (Å²) in [5.74, 6) is -0.991. The molecule has 0 aliphatic rings. The van der Waals surface area contributed by atoms with Gasteiger partial charge in [-0.15, -0.1) is 11.8 Å². The highest BCUT2D eigenvalue weighted by atomic mass is 32.2. The Hall–Kier alpha value is -2.80. The van der Waals surface area contributed by atoms with Crippen molar-refractivity contribution in [2.24, 2.45) is 0 Å². The number of para-hydroxylation sites is 1. The number of anilines is 1. The third-order valence-electron chi connectivity index (χ3n) is 3.92. The van der Waals surface area contributed by atoms with Gasteiger partial charge < -0.3 is 15.2 Å². The van der Waals surface area contributed by atoms with Crippen LogP contribution in [0.15, 0.2) is 53.4 Å². The van der Waals surface area contributed by atoms with Crippen LogP contribution in [0.5, 0.6) is 0 Å². The molecule has 0 spiro atoms. The number of rotatable bonds is 5. The number of aromatic amines is 1. The molecule has 0 atom stereocenters. The number of aromatic nitrogens is 1. The molecular weight excluding hydrogens is 353 g/mol. The predicted octanol–water partition coefficient (Wildman–Crippen LogP) is 3.74. The van der Waals surface area contributed by atoms with Gasteiger partial charge in [0.1, 0.15) is 11.5 Å². The number of H-pyrrole nitrogens is 1. The van der Waals surface area contributed by atoms with Crippen molar-refractivity contribution in [3.05, 3.63) is 60.0 Å². The normalized spacial score (nSPS) is 10.7. The summed E-state index contributed by atoms with van der Waals surface area (Å²) >= 11 is 1.53. The van der Waals surface area contributed by atoms with Crippen LogP contribution in [-0.2, 0) is 4.79 Å². The van der Waals surface area contributed by atoms with E-state index >= 15 is 0 Å². The summed E-state index contributed by atoms with van der Waals surface area (Å²) < 4.78 is 13.3. The van der Waals surface area contributed by atoms with E-state index in [0.717, 1.165) is 4.90 Å². The van der Waals surface area contributed by atoms with Gasteiger partial charge >= 0.3 is 0 Å². The lowest BCUT2D eigenvalue weighted by Gasteiger charge is -2.16. The van der Waals surface area contributed by atoms with Gasteiger partial charge in [0.15, 0.2) is 0 Å². The van der Waals surface area contributed by atoms with E-state index in [0.29, 0.717) is 22.3 Å². The second-order valence-corrected chi connectivity index (χ2v) is 6.67. The first-order valence-electron chi connectivity index (χ1n) is 7.94. The first-order valence-corrected chi connectivity index (χ1v) is 9.17. The van der Waals surface area contributed by atoms with E-state index in [9.17, 15) is 14.0 Å². The topological polar surface area (TPSA) is 65.2 Å². The molecular formula is C19H18FN3O2S. The summed E-state index contributed by atoms with van der Waals surface area (Å²) in [6.45, 7) is -0.0920. The molecule has 1 heterocycles. The van der Waals surface area contributed by atoms with E-state index in [2.05, 4.69) is 10.3 Å². The van der Waals surface area contributed by atoms with Gasteiger partial charge in [0.05, 0.1) is 12.2 Å². The van der Waals surface area contributed by atoms with Gasteiger partial charge in [-0.2, -0.15) is 0 Å². The second kappa shape index (κ2) is 7.61. The third kappa shape index (κ3) is 3.88. The molecule has 0 radical (unpaired) electrons. The number of fused-ring (bicyclic) bond motifs is 1. The monoisotopic (exact) mass is 371 g/mol. The van der Waals surface area contributed by atoms with Gasteiger partial charge in [0, 0.05) is 22.8 Å². The quantitative estimate of drug-likeness (QED) is 0.672. The van der Waals surface area contributed by atoms with Crippen LogP contribution in [0.4, 0.5) is 10.1 Å². The molecule has 0 aliphatic carbocycles. The summed E-state index contributed by atoms with van der Waals surface area (Å²) in [6.07, 6.45) is 1.93. The van der Waals surface area contributed by atoms with Gasteiger partial charge in [-0.3, -0.25) is 9.59 Å². The Balaban J connectivity index is 1.69. The first kappa shape index (κ1) is 18.0. The number of hydrogen-bond acceptors (Lipinski definition) is 3. The molecule has 5 nitrogen and oxygen atoms in total. The molecule has 2 aromatic carbocycles. The zero-order chi connectivity index (χ0) is 18.7. The lowest BCUT2D eigenvalue weighted by atomic mass is 10.2. The van der Waals surface area contributed by atoms with E-state index in [-0.39, 0.29) is 24.2 Å². The van der Waals surface area contributed by atoms with Crippen molar-refractivity contribution in [2.45, 2.75) is 4.90 Å². The summed E-state index contributed by atoms with van der Waals surface area (Å²) in [7, 11) is 1.55. The van der Waals surface area contributed by atoms with E-state index in [1.165, 1.54) is 28.8 Å². The molecule has 2 N–H and O–H groups in total. The Bertz CT molecular complexity index is 970. The van der Waals surface area contributed by atoms with E-state index in [1.54, 1.807) is 19.2 Å². The molecule has 0 unspecified atom stereocenters. The van der Waals surface area contributed by atoms with Gasteiger partial charge in [-0.1, -0.05) is 12.1 Å². The number of nitrogens with one attached hydrogen (secondary N) is 2. The van der Waals surface area contributed by atoms with Gasteiger partial charge in [0.2, 0.25) is 5.91 Å². The molecule has 1 aromatic heterocycles. The van der Waals surface area contributed by atoms with Crippen molar-refractivity contribution in [3.63, 3.8) is 0 Å². The SMILES string of the molecule is CSc1ccccc1NC(=O)CN(C)C(=O)c1cc2cc(F)ccc2[nH]1. The van der Waals surface area contributed by atoms with Crippen LogP contribution >= 0.6 is 11.8 Å². The van der Waals surface area contributed by atoms with Crippen molar-refractivity contribution < 1.29 is 14.0 Å². The van der Waals surface area contributed by atoms with Crippen molar-refractivity contribution in [2.75, 3.05) is 25.2 Å². The van der Waals surface area contributed by atoms with Crippen LogP contribution in [0, 0.1) is 5.82 Å². The van der Waals surface area contributed by atoms with Crippen LogP contribution in [0.2, 0.25) is 0 Å². The molecule has 7 heteroatoms. The minimum atomic E-state index is -0.365. The number of amides is 2. The van der Waals surface area contributed by atoms with E-state index in [1.807, 2.05) is 30.5 Å². The Morgan fingerprint density at radius 3 is 2.73 bits per heavy atom. The number of benzene rings is 2. The zero-order valence-corrected chi connectivity index (χ0v) is 15.2. The van der Waals surface area contributed by atoms with Crippen molar-refractivity contribution in [1.82, 2.24) is 9.88 Å². The number of carbonyl (C=O) groups excluding carboxylic acids is 2. The number of halogens is 1. The number of carbonyl (C=O) groups is 2. The standard InChI is InChI=1S/C19H18FN3O2S/c1-23(11-18(24)22-15-5-3-4-6-17(15)26-2)19(25)16-10-12-9-13(20)7-8-14(12)21-16/h3-10,21H,11H2,1-2H3,(H,22,24). The van der Waals surface area contributed by atoms with Crippen molar-refractivity contribution >= 4 is 40.2 Å². The van der Waals surface area contributed by atoms with Crippen LogP contribution < -0.4 is 5.32 Å². The highest BCUT2D eigenvalue weighted by Gasteiger charge is 2.18. The van der Waals surface area contributed by atoms with Gasteiger partial charge in [0.25, 0.3) is 5.91 Å². The zero-order valence-electron chi connectivity index (χ0n) is 14.4. The minimum Gasteiger partial charge on any atom is -0.351 e. The minimum absolute atomic E-state index is 0.0920. The van der Waals surface area contributed by atoms with Crippen molar-refractivity contribution in [1.29, 1.82) is 0 Å². The van der Waals surface area contributed by atoms with Gasteiger partial charge in [-0.25, -0.2) is 4.39 Å². The Kier molecular flexibility index (Phi) is 5.27. The fourth-order valence-corrected chi connectivity index (χ4v) is 3.20. The molecule has 0 aliphatic heterocycles. The van der Waals surface area contributed by atoms with E-state index < -0.39 is 0 Å². The van der Waals surface area contributed by atoms with Crippen LogP contribution in [-0.4, -0.2) is 41.5 Å². The Labute approximate surface area is 154 Å². The summed E-state index contributed by atoms with van der Waals surface area (Å²) in [6, 6.07) is 13.3. The number of hydrogen-bond donors (Lipinski definition) is 2. The van der Waals surface area contributed by atoms with Gasteiger partial charge in [-0.05, 0) is 42.7 Å². The van der Waals surface area contributed by atoms with Crippen LogP contribution in [0.3, 0.4) is 0 Å². The molecule has 3 rings (SSSR count). The molecule has 134 valence electrons. The molecule has 0 saturated carbocycles. The molecule has 26 heavy (non-hydrogen) atoms. The maximum atomic E-state index is 13.3. The smallest absolute Gasteiger partial charge is 0.270 e. The predicted molar refractivity (Wildman–Crippen MR) is 102 cm³/mol. The number of nitrogens with zero attached hydrogens (tertiary/aromatic N) is 1. The summed E-state index contributed by atoms with van der Waals surface area (Å²) in [5, 5.41) is 3.43. The molecule has 3 aromatic rings. The Morgan fingerprint density at radius 2 is 1.96 bits per heavy atom. The average molecular weight is 371 g/mol. The molecule has 0 fully saturated rings. The largest absolute Gasteiger partial charge is 0.351 e. The summed E-state index contributed by atoms with van der Waals surface area (Å²) in [5.41, 5.74) is 1.69. The fourth-order valence-electron chi connectivity index (χ4n) is 2.65. The number of likely N-dealkylation sites (N-methyl/N-ethyl adjacent to an activating group) is 1. The summed E-state index contributed by atoms with van der Waals surface area (Å²) in [4.78, 5) is 30.0. The molecule has 0 saturated heterocycles. The van der Waals surface area contributed by atoms with Crippen LogP contribution in [0.25, 0.3) is 10.9 Å². The average Bonchev–Trinajstić information content (AvgIpc) is 3.04. The lowest BCUT2D eigenvalue weighted by molar-refractivity contribution is -0.116. The molecule has 2 amide bonds.